The van der Waals surface area contributed by atoms with Gasteiger partial charge in [-0.15, -0.1) is 0 Å². The number of nitrogens with two attached hydrogens (primary N) is 1. The Balaban J connectivity index is 2.34. The molecular weight excluding hydrogens is 373 g/mol. The van der Waals surface area contributed by atoms with E-state index in [0.29, 0.717) is 21.5 Å². The lowest BCUT2D eigenvalue weighted by Crippen LogP contribution is -2.21. The fraction of sp³-hybridized carbons (Fsp3) is 0.250. The van der Waals surface area contributed by atoms with E-state index in [1.54, 1.807) is 18.2 Å². The lowest BCUT2D eigenvalue weighted by Gasteiger charge is -2.16. The van der Waals surface area contributed by atoms with E-state index >= 15 is 0 Å². The van der Waals surface area contributed by atoms with Crippen molar-refractivity contribution in [2.24, 2.45) is 5.73 Å². The third-order valence-corrected chi connectivity index (χ3v) is 4.31. The molecule has 0 bridgehead atoms. The molecule has 2 nitrogen and oxygen atoms in total. The van der Waals surface area contributed by atoms with Gasteiger partial charge in [-0.25, -0.2) is 0 Å². The van der Waals surface area contributed by atoms with Crippen molar-refractivity contribution in [2.75, 3.05) is 0 Å². The monoisotopic (exact) mass is 387 g/mol. The van der Waals surface area contributed by atoms with Crippen molar-refractivity contribution in [1.29, 1.82) is 0 Å². The highest BCUT2D eigenvalue weighted by molar-refractivity contribution is 9.10. The minimum atomic E-state index is 0.0828. The molecule has 2 aromatic carbocycles. The van der Waals surface area contributed by atoms with Gasteiger partial charge in [-0.05, 0) is 58.6 Å². The third kappa shape index (κ3) is 4.36. The maximum atomic E-state index is 6.28. The molecule has 2 aromatic rings. The van der Waals surface area contributed by atoms with Crippen LogP contribution in [0.2, 0.25) is 10.0 Å². The van der Waals surface area contributed by atoms with Crippen molar-refractivity contribution in [3.8, 4) is 11.5 Å². The number of para-hydroxylation sites is 1. The van der Waals surface area contributed by atoms with E-state index in [1.165, 1.54) is 0 Å². The number of ether oxygens (including phenoxy) is 1. The van der Waals surface area contributed by atoms with Gasteiger partial charge in [0, 0.05) is 11.1 Å². The van der Waals surface area contributed by atoms with E-state index in [4.69, 9.17) is 33.7 Å². The van der Waals surface area contributed by atoms with Gasteiger partial charge in [0.2, 0.25) is 0 Å². The lowest BCUT2D eigenvalue weighted by molar-refractivity contribution is 0.469. The van der Waals surface area contributed by atoms with Crippen molar-refractivity contribution in [3.05, 3.63) is 56.5 Å². The van der Waals surface area contributed by atoms with Crippen LogP contribution in [0.5, 0.6) is 11.5 Å². The second-order valence-corrected chi connectivity index (χ2v) is 6.48. The molecule has 2 N–H and O–H groups in total. The van der Waals surface area contributed by atoms with Crippen molar-refractivity contribution in [2.45, 2.75) is 25.8 Å². The Kier molecular flexibility index (Phi) is 5.94. The van der Waals surface area contributed by atoms with Gasteiger partial charge in [0.25, 0.3) is 0 Å². The second-order valence-electron chi connectivity index (χ2n) is 4.78. The van der Waals surface area contributed by atoms with Crippen molar-refractivity contribution in [1.82, 2.24) is 0 Å². The lowest BCUT2D eigenvalue weighted by atomic mass is 10.0. The van der Waals surface area contributed by atoms with E-state index in [-0.39, 0.29) is 6.04 Å². The molecule has 0 heterocycles. The summed E-state index contributed by atoms with van der Waals surface area (Å²) >= 11 is 15.7. The van der Waals surface area contributed by atoms with Crippen LogP contribution < -0.4 is 10.5 Å². The van der Waals surface area contributed by atoms with Crippen LogP contribution in [0, 0.1) is 0 Å². The maximum absolute atomic E-state index is 6.28. The summed E-state index contributed by atoms with van der Waals surface area (Å²) in [6.45, 7) is 2.06. The molecule has 112 valence electrons. The zero-order valence-electron chi connectivity index (χ0n) is 11.6. The summed E-state index contributed by atoms with van der Waals surface area (Å²) in [5.74, 6) is 1.31. The van der Waals surface area contributed by atoms with E-state index in [9.17, 15) is 0 Å². The number of rotatable bonds is 5. The number of hydrogen-bond donors (Lipinski definition) is 1. The first-order chi connectivity index (χ1) is 10.0. The van der Waals surface area contributed by atoms with E-state index in [1.807, 2.05) is 18.2 Å². The van der Waals surface area contributed by atoms with Crippen LogP contribution >= 0.6 is 39.1 Å². The van der Waals surface area contributed by atoms with Gasteiger partial charge in [-0.1, -0.05) is 42.3 Å². The zero-order chi connectivity index (χ0) is 15.4. The number of halogens is 3. The molecule has 0 aliphatic rings. The Hall–Kier alpha value is -0.740. The van der Waals surface area contributed by atoms with Crippen LogP contribution in [0.3, 0.4) is 0 Å². The van der Waals surface area contributed by atoms with Gasteiger partial charge in [0.05, 0.1) is 9.50 Å². The second kappa shape index (κ2) is 7.50. The molecular formula is C16H16BrCl2NO. The Morgan fingerprint density at radius 1 is 1.24 bits per heavy atom. The third-order valence-electron chi connectivity index (χ3n) is 3.16. The summed E-state index contributed by atoms with van der Waals surface area (Å²) in [5, 5.41) is 1.21. The average molecular weight is 389 g/mol. The molecule has 21 heavy (non-hydrogen) atoms. The van der Waals surface area contributed by atoms with Crippen LogP contribution in [0.25, 0.3) is 0 Å². The zero-order valence-corrected chi connectivity index (χ0v) is 14.7. The smallest absolute Gasteiger partial charge is 0.149 e. The standard InChI is InChI=1S/C16H16BrCl2NO/c1-2-12(20)8-10-4-3-5-14(19)16(10)21-15-7-6-11(18)9-13(15)17/h3-7,9,12H,2,8,20H2,1H3. The molecule has 5 heteroatoms. The summed E-state index contributed by atoms with van der Waals surface area (Å²) < 4.78 is 6.76. The molecule has 1 atom stereocenters. The van der Waals surface area contributed by atoms with Gasteiger partial charge in [-0.3, -0.25) is 0 Å². The maximum Gasteiger partial charge on any atom is 0.149 e. The molecule has 0 radical (unpaired) electrons. The minimum absolute atomic E-state index is 0.0828. The number of benzene rings is 2. The molecule has 0 aliphatic carbocycles. The topological polar surface area (TPSA) is 35.2 Å². The quantitative estimate of drug-likeness (QED) is 0.699. The predicted molar refractivity (Wildman–Crippen MR) is 92.6 cm³/mol. The van der Waals surface area contributed by atoms with Gasteiger partial charge in [0.1, 0.15) is 11.5 Å². The Bertz CT molecular complexity index is 634. The minimum Gasteiger partial charge on any atom is -0.454 e. The molecule has 0 fully saturated rings. The fourth-order valence-electron chi connectivity index (χ4n) is 1.92. The first kappa shape index (κ1) is 16.6. The Morgan fingerprint density at radius 3 is 2.67 bits per heavy atom. The molecule has 0 spiro atoms. The van der Waals surface area contributed by atoms with Crippen molar-refractivity contribution in [3.63, 3.8) is 0 Å². The predicted octanol–water partition coefficient (Wildman–Crippen LogP) is 5.83. The normalized spacial score (nSPS) is 12.2. The molecule has 0 saturated heterocycles. The van der Waals surface area contributed by atoms with Crippen LogP contribution in [-0.2, 0) is 6.42 Å². The molecule has 0 saturated carbocycles. The van der Waals surface area contributed by atoms with Crippen molar-refractivity contribution < 1.29 is 4.74 Å². The van der Waals surface area contributed by atoms with Crippen LogP contribution in [-0.4, -0.2) is 6.04 Å². The summed E-state index contributed by atoms with van der Waals surface area (Å²) in [6.07, 6.45) is 1.62. The number of hydrogen-bond acceptors (Lipinski definition) is 2. The Labute approximate surface area is 143 Å². The van der Waals surface area contributed by atoms with E-state index < -0.39 is 0 Å². The Morgan fingerprint density at radius 2 is 2.00 bits per heavy atom. The van der Waals surface area contributed by atoms with Gasteiger partial charge in [-0.2, -0.15) is 0 Å². The fourth-order valence-corrected chi connectivity index (χ4v) is 2.92. The highest BCUT2D eigenvalue weighted by Gasteiger charge is 2.13. The van der Waals surface area contributed by atoms with Gasteiger partial charge < -0.3 is 10.5 Å². The largest absolute Gasteiger partial charge is 0.454 e. The van der Waals surface area contributed by atoms with Crippen LogP contribution in [0.15, 0.2) is 40.9 Å². The van der Waals surface area contributed by atoms with Crippen LogP contribution in [0.1, 0.15) is 18.9 Å². The molecule has 0 amide bonds. The molecule has 0 aliphatic heterocycles. The highest BCUT2D eigenvalue weighted by Crippen LogP contribution is 2.37. The van der Waals surface area contributed by atoms with Gasteiger partial charge in [0.15, 0.2) is 0 Å². The first-order valence-electron chi connectivity index (χ1n) is 6.67. The first-order valence-corrected chi connectivity index (χ1v) is 8.22. The highest BCUT2D eigenvalue weighted by atomic mass is 79.9. The van der Waals surface area contributed by atoms with Gasteiger partial charge >= 0.3 is 0 Å². The SMILES string of the molecule is CCC(N)Cc1cccc(Cl)c1Oc1ccc(Cl)cc1Br. The van der Waals surface area contributed by atoms with Crippen LogP contribution in [0.4, 0.5) is 0 Å². The summed E-state index contributed by atoms with van der Waals surface area (Å²) in [5.41, 5.74) is 7.04. The summed E-state index contributed by atoms with van der Waals surface area (Å²) in [7, 11) is 0. The average Bonchev–Trinajstić information content (AvgIpc) is 2.44. The van der Waals surface area contributed by atoms with E-state index in [0.717, 1.165) is 22.9 Å². The molecule has 1 unspecified atom stereocenters. The molecule has 2 rings (SSSR count). The summed E-state index contributed by atoms with van der Waals surface area (Å²) in [4.78, 5) is 0. The van der Waals surface area contributed by atoms with E-state index in [2.05, 4.69) is 22.9 Å². The van der Waals surface area contributed by atoms with Crippen molar-refractivity contribution >= 4 is 39.1 Å². The summed E-state index contributed by atoms with van der Waals surface area (Å²) in [6, 6.07) is 11.1. The molecule has 0 aromatic heterocycles.